The first kappa shape index (κ1) is 15.3. The number of hydrogen-bond acceptors (Lipinski definition) is 4. The van der Waals surface area contributed by atoms with E-state index in [1.165, 1.54) is 18.2 Å². The van der Waals surface area contributed by atoms with Gasteiger partial charge in [0.2, 0.25) is 10.0 Å². The number of nitriles is 1. The monoisotopic (exact) mass is 314 g/mol. The SMILES string of the molecule is N#Cc1ccc(Cl)c(S(=O)(=O)NCC2CCCCO2)c1. The lowest BCUT2D eigenvalue weighted by molar-refractivity contribution is 0.0200. The van der Waals surface area contributed by atoms with E-state index in [4.69, 9.17) is 21.6 Å². The summed E-state index contributed by atoms with van der Waals surface area (Å²) in [6, 6.07) is 6.05. The second-order valence-electron chi connectivity index (χ2n) is 4.60. The zero-order chi connectivity index (χ0) is 14.6. The molecule has 1 aromatic rings. The van der Waals surface area contributed by atoms with Gasteiger partial charge in [0.1, 0.15) is 4.90 Å². The minimum atomic E-state index is -3.74. The predicted molar refractivity (Wildman–Crippen MR) is 74.9 cm³/mol. The van der Waals surface area contributed by atoms with Crippen LogP contribution in [0.15, 0.2) is 23.1 Å². The van der Waals surface area contributed by atoms with Crippen LogP contribution in [0.4, 0.5) is 0 Å². The van der Waals surface area contributed by atoms with E-state index in [9.17, 15) is 8.42 Å². The van der Waals surface area contributed by atoms with Crippen LogP contribution in [0.1, 0.15) is 24.8 Å². The fourth-order valence-corrected chi connectivity index (χ4v) is 3.62. The number of benzene rings is 1. The second kappa shape index (κ2) is 6.55. The highest BCUT2D eigenvalue weighted by Gasteiger charge is 2.21. The van der Waals surface area contributed by atoms with Gasteiger partial charge in [-0.2, -0.15) is 5.26 Å². The van der Waals surface area contributed by atoms with E-state index in [2.05, 4.69) is 4.72 Å². The lowest BCUT2D eigenvalue weighted by Gasteiger charge is -2.22. The molecule has 0 aliphatic carbocycles. The Morgan fingerprint density at radius 1 is 1.45 bits per heavy atom. The molecule has 20 heavy (non-hydrogen) atoms. The molecule has 1 heterocycles. The summed E-state index contributed by atoms with van der Waals surface area (Å²) in [5, 5.41) is 8.92. The van der Waals surface area contributed by atoms with E-state index in [0.29, 0.717) is 6.61 Å². The molecule has 108 valence electrons. The van der Waals surface area contributed by atoms with Crippen molar-refractivity contribution >= 4 is 21.6 Å². The topological polar surface area (TPSA) is 79.2 Å². The summed E-state index contributed by atoms with van der Waals surface area (Å²) in [5.41, 5.74) is 0.253. The molecule has 1 aliphatic rings. The van der Waals surface area contributed by atoms with Crippen LogP contribution in [0, 0.1) is 11.3 Å². The summed E-state index contributed by atoms with van der Waals surface area (Å²) in [4.78, 5) is -0.0750. The maximum absolute atomic E-state index is 12.2. The Hall–Kier alpha value is -1.13. The molecule has 7 heteroatoms. The molecule has 0 saturated carbocycles. The summed E-state index contributed by atoms with van der Waals surface area (Å²) in [6.07, 6.45) is 2.79. The molecule has 1 saturated heterocycles. The van der Waals surface area contributed by atoms with Crippen molar-refractivity contribution in [3.8, 4) is 6.07 Å². The molecule has 1 N–H and O–H groups in total. The Labute approximate surface area is 123 Å². The Balaban J connectivity index is 2.11. The van der Waals surface area contributed by atoms with Crippen molar-refractivity contribution in [1.29, 1.82) is 5.26 Å². The van der Waals surface area contributed by atoms with E-state index in [-0.39, 0.29) is 28.1 Å². The van der Waals surface area contributed by atoms with E-state index in [1.54, 1.807) is 0 Å². The van der Waals surface area contributed by atoms with Gasteiger partial charge in [0.25, 0.3) is 0 Å². The number of nitrogens with one attached hydrogen (secondary N) is 1. The number of nitrogens with zero attached hydrogens (tertiary/aromatic N) is 1. The van der Waals surface area contributed by atoms with Crippen molar-refractivity contribution in [2.45, 2.75) is 30.3 Å². The third kappa shape index (κ3) is 3.70. The molecule has 1 atom stereocenters. The van der Waals surface area contributed by atoms with Gasteiger partial charge in [0.05, 0.1) is 22.8 Å². The van der Waals surface area contributed by atoms with Crippen molar-refractivity contribution in [1.82, 2.24) is 4.72 Å². The van der Waals surface area contributed by atoms with Gasteiger partial charge < -0.3 is 4.74 Å². The van der Waals surface area contributed by atoms with Crippen molar-refractivity contribution in [3.05, 3.63) is 28.8 Å². The second-order valence-corrected chi connectivity index (χ2v) is 6.74. The lowest BCUT2D eigenvalue weighted by atomic mass is 10.1. The van der Waals surface area contributed by atoms with Crippen LogP contribution in [0.2, 0.25) is 5.02 Å². The van der Waals surface area contributed by atoms with Crippen LogP contribution in [-0.4, -0.2) is 27.7 Å². The number of ether oxygens (including phenoxy) is 1. The minimum Gasteiger partial charge on any atom is -0.377 e. The molecular formula is C13H15ClN2O3S. The third-order valence-electron chi connectivity index (χ3n) is 3.12. The third-order valence-corrected chi connectivity index (χ3v) is 5.03. The van der Waals surface area contributed by atoms with Crippen LogP contribution < -0.4 is 4.72 Å². The van der Waals surface area contributed by atoms with Crippen LogP contribution in [-0.2, 0) is 14.8 Å². The molecule has 1 fully saturated rings. The van der Waals surface area contributed by atoms with Crippen molar-refractivity contribution in [3.63, 3.8) is 0 Å². The Morgan fingerprint density at radius 2 is 2.25 bits per heavy atom. The minimum absolute atomic E-state index is 0.0750. The van der Waals surface area contributed by atoms with Gasteiger partial charge in [-0.05, 0) is 37.5 Å². The van der Waals surface area contributed by atoms with E-state index in [1.807, 2.05) is 6.07 Å². The molecule has 0 aromatic heterocycles. The standard InChI is InChI=1S/C13H15ClN2O3S/c14-12-5-4-10(8-15)7-13(12)20(17,18)16-9-11-3-1-2-6-19-11/h4-5,7,11,16H,1-3,6,9H2. The van der Waals surface area contributed by atoms with E-state index >= 15 is 0 Å². The van der Waals surface area contributed by atoms with Crippen LogP contribution in [0.25, 0.3) is 0 Å². The molecule has 1 aromatic carbocycles. The van der Waals surface area contributed by atoms with Crippen molar-refractivity contribution in [2.75, 3.05) is 13.2 Å². The highest BCUT2D eigenvalue weighted by atomic mass is 35.5. The predicted octanol–water partition coefficient (Wildman–Crippen LogP) is 2.06. The number of halogens is 1. The average molecular weight is 315 g/mol. The zero-order valence-electron chi connectivity index (χ0n) is 10.8. The first-order valence-corrected chi connectivity index (χ1v) is 8.20. The van der Waals surface area contributed by atoms with Gasteiger partial charge in [0.15, 0.2) is 0 Å². The maximum Gasteiger partial charge on any atom is 0.242 e. The largest absolute Gasteiger partial charge is 0.377 e. The summed E-state index contributed by atoms with van der Waals surface area (Å²) in [7, 11) is -3.74. The molecule has 0 bridgehead atoms. The molecule has 5 nitrogen and oxygen atoms in total. The molecule has 2 rings (SSSR count). The number of rotatable bonds is 4. The van der Waals surface area contributed by atoms with Crippen LogP contribution >= 0.6 is 11.6 Å². The Bertz CT molecular complexity index is 619. The van der Waals surface area contributed by atoms with Crippen molar-refractivity contribution in [2.24, 2.45) is 0 Å². The van der Waals surface area contributed by atoms with Gasteiger partial charge in [0, 0.05) is 13.2 Å². The molecule has 0 radical (unpaired) electrons. The highest BCUT2D eigenvalue weighted by Crippen LogP contribution is 2.22. The Kier molecular flexibility index (Phi) is 5.00. The quantitative estimate of drug-likeness (QED) is 0.922. The lowest BCUT2D eigenvalue weighted by Crippen LogP contribution is -2.35. The van der Waals surface area contributed by atoms with Gasteiger partial charge in [-0.1, -0.05) is 11.6 Å². The van der Waals surface area contributed by atoms with E-state index in [0.717, 1.165) is 19.3 Å². The summed E-state index contributed by atoms with van der Waals surface area (Å²) in [5.74, 6) is 0. The number of sulfonamides is 1. The molecule has 0 spiro atoms. The van der Waals surface area contributed by atoms with Gasteiger partial charge in [-0.15, -0.1) is 0 Å². The molecule has 0 amide bonds. The zero-order valence-corrected chi connectivity index (χ0v) is 12.4. The summed E-state index contributed by atoms with van der Waals surface area (Å²) >= 11 is 5.90. The fourth-order valence-electron chi connectivity index (χ4n) is 2.03. The van der Waals surface area contributed by atoms with E-state index < -0.39 is 10.0 Å². The van der Waals surface area contributed by atoms with Gasteiger partial charge in [-0.25, -0.2) is 13.1 Å². The normalized spacial score (nSPS) is 19.5. The van der Waals surface area contributed by atoms with Gasteiger partial charge in [-0.3, -0.25) is 0 Å². The average Bonchev–Trinajstić information content (AvgIpc) is 2.47. The molecule has 1 unspecified atom stereocenters. The van der Waals surface area contributed by atoms with Crippen LogP contribution in [0.3, 0.4) is 0 Å². The van der Waals surface area contributed by atoms with Crippen molar-refractivity contribution < 1.29 is 13.2 Å². The molecule has 1 aliphatic heterocycles. The van der Waals surface area contributed by atoms with Gasteiger partial charge >= 0.3 is 0 Å². The smallest absolute Gasteiger partial charge is 0.242 e. The first-order chi connectivity index (χ1) is 9.53. The molecular weight excluding hydrogens is 300 g/mol. The fraction of sp³-hybridized carbons (Fsp3) is 0.462. The summed E-state index contributed by atoms with van der Waals surface area (Å²) < 4.78 is 32.4. The maximum atomic E-state index is 12.2. The summed E-state index contributed by atoms with van der Waals surface area (Å²) in [6.45, 7) is 0.881. The number of hydrogen-bond donors (Lipinski definition) is 1. The Morgan fingerprint density at radius 3 is 2.90 bits per heavy atom. The first-order valence-electron chi connectivity index (χ1n) is 6.34. The highest BCUT2D eigenvalue weighted by molar-refractivity contribution is 7.89. The van der Waals surface area contributed by atoms with Crippen LogP contribution in [0.5, 0.6) is 0 Å².